The normalized spacial score (nSPS) is 23.6. The quantitative estimate of drug-likeness (QED) is 0.606. The van der Waals surface area contributed by atoms with Crippen molar-refractivity contribution in [2.24, 2.45) is 5.92 Å². The third-order valence-corrected chi connectivity index (χ3v) is 7.78. The summed E-state index contributed by atoms with van der Waals surface area (Å²) in [6.45, 7) is 20.5. The number of hydrogen-bond acceptors (Lipinski definition) is 7. The lowest BCUT2D eigenvalue weighted by Gasteiger charge is -2.39. The molecule has 0 spiro atoms. The Balaban J connectivity index is 1.21. The molecule has 0 bridgehead atoms. The van der Waals surface area contributed by atoms with Crippen molar-refractivity contribution >= 4 is 24.5 Å². The van der Waals surface area contributed by atoms with E-state index in [0.29, 0.717) is 5.92 Å². The Morgan fingerprint density at radius 3 is 2.14 bits per heavy atom. The lowest BCUT2D eigenvalue weighted by molar-refractivity contribution is 0.00578. The molecule has 3 saturated heterocycles. The Morgan fingerprint density at radius 1 is 1.03 bits per heavy atom. The SMILES string of the molecule is CC(C)(C)OC(=O)N1CCN(CC2CCN(c3ccc(B4OC(C)(C)C(C)(C)O4)cn3)CC2)CC1. The van der Waals surface area contributed by atoms with Crippen LogP contribution in [0, 0.1) is 5.92 Å². The molecule has 9 heteroatoms. The van der Waals surface area contributed by atoms with E-state index >= 15 is 0 Å². The van der Waals surface area contributed by atoms with E-state index in [0.717, 1.165) is 69.9 Å². The summed E-state index contributed by atoms with van der Waals surface area (Å²) < 4.78 is 17.8. The Bertz CT molecular complexity index is 854. The minimum Gasteiger partial charge on any atom is -0.444 e. The highest BCUT2D eigenvalue weighted by atomic mass is 16.7. The zero-order valence-electron chi connectivity index (χ0n) is 22.7. The van der Waals surface area contributed by atoms with E-state index in [2.05, 4.69) is 49.6 Å². The molecule has 0 saturated carbocycles. The summed E-state index contributed by atoms with van der Waals surface area (Å²) in [5.74, 6) is 1.71. The number of carbonyl (C=O) groups excluding carboxylic acids is 1. The number of aromatic nitrogens is 1. The molecular weight excluding hydrogens is 443 g/mol. The first kappa shape index (κ1) is 26.2. The largest absolute Gasteiger partial charge is 0.496 e. The van der Waals surface area contributed by atoms with Gasteiger partial charge in [-0.15, -0.1) is 0 Å². The zero-order valence-corrected chi connectivity index (χ0v) is 22.7. The van der Waals surface area contributed by atoms with Crippen LogP contribution in [0.5, 0.6) is 0 Å². The van der Waals surface area contributed by atoms with Crippen LogP contribution in [0.3, 0.4) is 0 Å². The van der Waals surface area contributed by atoms with Crippen LogP contribution in [-0.4, -0.2) is 90.6 Å². The number of piperidine rings is 1. The molecule has 4 heterocycles. The van der Waals surface area contributed by atoms with Gasteiger partial charge in [0.1, 0.15) is 11.4 Å². The highest BCUT2D eigenvalue weighted by Crippen LogP contribution is 2.36. The van der Waals surface area contributed by atoms with Gasteiger partial charge in [0.2, 0.25) is 0 Å². The minimum absolute atomic E-state index is 0.192. The van der Waals surface area contributed by atoms with Gasteiger partial charge in [-0.25, -0.2) is 9.78 Å². The molecule has 1 aromatic rings. The van der Waals surface area contributed by atoms with Gasteiger partial charge in [-0.3, -0.25) is 4.90 Å². The summed E-state index contributed by atoms with van der Waals surface area (Å²) >= 11 is 0. The number of rotatable bonds is 4. The second kappa shape index (κ2) is 9.90. The fraction of sp³-hybridized carbons (Fsp3) is 0.769. The van der Waals surface area contributed by atoms with Crippen LogP contribution >= 0.6 is 0 Å². The Hall–Kier alpha value is -1.84. The average Bonchev–Trinajstić information content (AvgIpc) is 3.00. The molecule has 0 radical (unpaired) electrons. The maximum absolute atomic E-state index is 12.3. The Labute approximate surface area is 211 Å². The summed E-state index contributed by atoms with van der Waals surface area (Å²) in [5, 5.41) is 0. The zero-order chi connectivity index (χ0) is 25.4. The first-order chi connectivity index (χ1) is 16.3. The maximum Gasteiger partial charge on any atom is 0.496 e. The average molecular weight is 486 g/mol. The number of pyridine rings is 1. The monoisotopic (exact) mass is 486 g/mol. The molecule has 0 unspecified atom stereocenters. The summed E-state index contributed by atoms with van der Waals surface area (Å²) in [6.07, 6.45) is 4.02. The number of nitrogens with zero attached hydrogens (tertiary/aromatic N) is 4. The molecule has 3 aliphatic heterocycles. The minimum atomic E-state index is -0.441. The van der Waals surface area contributed by atoms with Crippen molar-refractivity contribution in [2.75, 3.05) is 50.7 Å². The van der Waals surface area contributed by atoms with Crippen LogP contribution < -0.4 is 10.4 Å². The molecule has 8 nitrogen and oxygen atoms in total. The van der Waals surface area contributed by atoms with Crippen molar-refractivity contribution in [2.45, 2.75) is 78.1 Å². The van der Waals surface area contributed by atoms with Gasteiger partial charge in [-0.2, -0.15) is 0 Å². The van der Waals surface area contributed by atoms with Crippen molar-refractivity contribution < 1.29 is 18.8 Å². The summed E-state index contributed by atoms with van der Waals surface area (Å²) in [5.41, 5.74) is -0.169. The van der Waals surface area contributed by atoms with Gasteiger partial charge in [-0.05, 0) is 73.3 Å². The van der Waals surface area contributed by atoms with Crippen LogP contribution in [0.4, 0.5) is 10.6 Å². The van der Waals surface area contributed by atoms with Crippen LogP contribution in [0.15, 0.2) is 18.3 Å². The molecule has 0 aromatic carbocycles. The van der Waals surface area contributed by atoms with Crippen molar-refractivity contribution in [3.05, 3.63) is 18.3 Å². The van der Waals surface area contributed by atoms with E-state index < -0.39 is 5.60 Å². The third-order valence-electron chi connectivity index (χ3n) is 7.78. The number of anilines is 1. The molecule has 0 atom stereocenters. The second-order valence-corrected chi connectivity index (χ2v) is 12.2. The van der Waals surface area contributed by atoms with E-state index in [-0.39, 0.29) is 24.4 Å². The highest BCUT2D eigenvalue weighted by molar-refractivity contribution is 6.62. The topological polar surface area (TPSA) is 67.4 Å². The first-order valence-corrected chi connectivity index (χ1v) is 13.1. The molecule has 0 N–H and O–H groups in total. The van der Waals surface area contributed by atoms with Crippen molar-refractivity contribution in [3.8, 4) is 0 Å². The lowest BCUT2D eigenvalue weighted by Crippen LogP contribution is -2.51. The molecule has 194 valence electrons. The van der Waals surface area contributed by atoms with Gasteiger partial charge in [0.15, 0.2) is 0 Å². The smallest absolute Gasteiger partial charge is 0.444 e. The Kier molecular flexibility index (Phi) is 7.42. The van der Waals surface area contributed by atoms with Crippen molar-refractivity contribution in [1.29, 1.82) is 0 Å². The fourth-order valence-corrected chi connectivity index (χ4v) is 4.85. The number of hydrogen-bond donors (Lipinski definition) is 0. The van der Waals surface area contributed by atoms with Crippen LogP contribution in [0.25, 0.3) is 0 Å². The number of ether oxygens (including phenoxy) is 1. The number of carbonyl (C=O) groups is 1. The number of amides is 1. The summed E-state index contributed by atoms with van der Waals surface area (Å²) in [7, 11) is -0.372. The van der Waals surface area contributed by atoms with Gasteiger partial charge in [0.05, 0.1) is 11.2 Å². The molecule has 1 amide bonds. The van der Waals surface area contributed by atoms with E-state index in [9.17, 15) is 4.79 Å². The Morgan fingerprint density at radius 2 is 1.63 bits per heavy atom. The van der Waals surface area contributed by atoms with Gasteiger partial charge >= 0.3 is 13.2 Å². The molecular formula is C26H43BN4O4. The summed E-state index contributed by atoms with van der Waals surface area (Å²) in [6, 6.07) is 4.18. The molecule has 0 aliphatic carbocycles. The standard InChI is InChI=1S/C26H43BN4O4/c1-24(2,3)33-23(32)31-16-14-29(15-17-31)19-20-10-12-30(13-11-20)22-9-8-21(18-28-22)27-34-25(4,5)26(6,7)35-27/h8-9,18,20H,10-17,19H2,1-7H3. The van der Waals surface area contributed by atoms with E-state index in [1.165, 1.54) is 0 Å². The fourth-order valence-electron chi connectivity index (χ4n) is 4.85. The van der Waals surface area contributed by atoms with E-state index in [1.807, 2.05) is 31.9 Å². The third kappa shape index (κ3) is 6.30. The molecule has 3 aliphatic rings. The van der Waals surface area contributed by atoms with Crippen LogP contribution in [-0.2, 0) is 14.0 Å². The van der Waals surface area contributed by atoms with Gasteiger partial charge in [0.25, 0.3) is 0 Å². The highest BCUT2D eigenvalue weighted by Gasteiger charge is 2.51. The van der Waals surface area contributed by atoms with Crippen LogP contribution in [0.2, 0.25) is 0 Å². The first-order valence-electron chi connectivity index (χ1n) is 13.1. The van der Waals surface area contributed by atoms with Crippen molar-refractivity contribution in [1.82, 2.24) is 14.8 Å². The molecule has 3 fully saturated rings. The van der Waals surface area contributed by atoms with Gasteiger partial charge in [-0.1, -0.05) is 6.07 Å². The van der Waals surface area contributed by atoms with E-state index in [4.69, 9.17) is 19.0 Å². The lowest BCUT2D eigenvalue weighted by atomic mass is 9.80. The van der Waals surface area contributed by atoms with Gasteiger partial charge < -0.3 is 23.8 Å². The molecule has 1 aromatic heterocycles. The summed E-state index contributed by atoms with van der Waals surface area (Å²) in [4.78, 5) is 23.7. The number of piperazine rings is 1. The maximum atomic E-state index is 12.3. The predicted molar refractivity (Wildman–Crippen MR) is 139 cm³/mol. The van der Waals surface area contributed by atoms with Crippen molar-refractivity contribution in [3.63, 3.8) is 0 Å². The van der Waals surface area contributed by atoms with Crippen LogP contribution in [0.1, 0.15) is 61.3 Å². The molecule has 4 rings (SSSR count). The molecule has 35 heavy (non-hydrogen) atoms. The van der Waals surface area contributed by atoms with E-state index in [1.54, 1.807) is 0 Å². The van der Waals surface area contributed by atoms with Gasteiger partial charge in [0, 0.05) is 57.5 Å². The predicted octanol–water partition coefficient (Wildman–Crippen LogP) is 3.15. The second-order valence-electron chi connectivity index (χ2n) is 12.2.